The van der Waals surface area contributed by atoms with Crippen molar-refractivity contribution in [3.8, 4) is 5.75 Å². The van der Waals surface area contributed by atoms with Crippen molar-refractivity contribution in [2.24, 2.45) is 0 Å². The van der Waals surface area contributed by atoms with Crippen LogP contribution in [-0.4, -0.2) is 21.6 Å². The molecule has 0 N–H and O–H groups in total. The van der Waals surface area contributed by atoms with E-state index in [1.54, 1.807) is 30.3 Å². The van der Waals surface area contributed by atoms with Gasteiger partial charge in [0.2, 0.25) is 0 Å². The van der Waals surface area contributed by atoms with E-state index in [4.69, 9.17) is 4.74 Å². The number of rotatable bonds is 8. The molecule has 0 aliphatic rings. The first-order chi connectivity index (χ1) is 11.5. The molecule has 0 atom stereocenters. The van der Waals surface area contributed by atoms with Gasteiger partial charge in [-0.3, -0.25) is 4.31 Å². The molecule has 0 saturated carbocycles. The Morgan fingerprint density at radius 2 is 1.62 bits per heavy atom. The molecular formula is C18H18FNO3S. The SMILES string of the molecule is C=CCOc1ccc(N(CC=C)S(=O)(=O)c2ccc(F)cc2)cc1. The summed E-state index contributed by atoms with van der Waals surface area (Å²) in [6.45, 7) is 7.63. The van der Waals surface area contributed by atoms with E-state index in [1.807, 2.05) is 0 Å². The van der Waals surface area contributed by atoms with Crippen LogP contribution in [0.1, 0.15) is 0 Å². The van der Waals surface area contributed by atoms with Crippen LogP contribution in [0.5, 0.6) is 5.75 Å². The summed E-state index contributed by atoms with van der Waals surface area (Å²) in [6.07, 6.45) is 3.11. The van der Waals surface area contributed by atoms with E-state index in [0.29, 0.717) is 18.0 Å². The molecule has 126 valence electrons. The van der Waals surface area contributed by atoms with Gasteiger partial charge in [-0.05, 0) is 48.5 Å². The molecule has 0 aliphatic heterocycles. The number of halogens is 1. The summed E-state index contributed by atoms with van der Waals surface area (Å²) in [5.74, 6) is 0.115. The molecule has 0 unspecified atom stereocenters. The zero-order chi connectivity index (χ0) is 17.6. The van der Waals surface area contributed by atoms with E-state index in [-0.39, 0.29) is 11.4 Å². The highest BCUT2D eigenvalue weighted by Crippen LogP contribution is 2.26. The summed E-state index contributed by atoms with van der Waals surface area (Å²) in [4.78, 5) is 0.0118. The second-order valence-electron chi connectivity index (χ2n) is 4.87. The van der Waals surface area contributed by atoms with Crippen molar-refractivity contribution in [2.75, 3.05) is 17.5 Å². The van der Waals surface area contributed by atoms with E-state index in [0.717, 1.165) is 12.1 Å². The fraction of sp³-hybridized carbons (Fsp3) is 0.111. The zero-order valence-corrected chi connectivity index (χ0v) is 13.9. The predicted octanol–water partition coefficient (Wildman–Crippen LogP) is 3.77. The number of hydrogen-bond donors (Lipinski definition) is 0. The summed E-state index contributed by atoms with van der Waals surface area (Å²) in [5.41, 5.74) is 0.463. The number of ether oxygens (including phenoxy) is 1. The van der Waals surface area contributed by atoms with E-state index >= 15 is 0 Å². The molecule has 2 rings (SSSR count). The molecule has 24 heavy (non-hydrogen) atoms. The molecule has 2 aromatic carbocycles. The van der Waals surface area contributed by atoms with Gasteiger partial charge in [-0.2, -0.15) is 0 Å². The molecule has 0 aromatic heterocycles. The van der Waals surface area contributed by atoms with Gasteiger partial charge in [0.05, 0.1) is 17.1 Å². The molecule has 0 aliphatic carbocycles. The zero-order valence-electron chi connectivity index (χ0n) is 13.1. The van der Waals surface area contributed by atoms with Gasteiger partial charge in [0, 0.05) is 0 Å². The highest BCUT2D eigenvalue weighted by molar-refractivity contribution is 7.92. The maximum absolute atomic E-state index is 13.0. The smallest absolute Gasteiger partial charge is 0.264 e. The molecule has 6 heteroatoms. The fourth-order valence-electron chi connectivity index (χ4n) is 2.06. The standard InChI is InChI=1S/C18H18FNO3S/c1-3-13-20(16-7-9-17(10-8-16)23-14-4-2)24(21,22)18-11-5-15(19)6-12-18/h3-12H,1-2,13-14H2. The maximum Gasteiger partial charge on any atom is 0.264 e. The van der Waals surface area contributed by atoms with Gasteiger partial charge in [0.25, 0.3) is 10.0 Å². The van der Waals surface area contributed by atoms with E-state index in [2.05, 4.69) is 13.2 Å². The van der Waals surface area contributed by atoms with Crippen LogP contribution in [0.4, 0.5) is 10.1 Å². The van der Waals surface area contributed by atoms with Crippen molar-refractivity contribution in [2.45, 2.75) is 4.90 Å². The number of hydrogen-bond acceptors (Lipinski definition) is 3. The van der Waals surface area contributed by atoms with Crippen LogP contribution < -0.4 is 9.04 Å². The molecule has 0 saturated heterocycles. The Kier molecular flexibility index (Phi) is 5.76. The first-order valence-electron chi connectivity index (χ1n) is 7.22. The van der Waals surface area contributed by atoms with Gasteiger partial charge >= 0.3 is 0 Å². The van der Waals surface area contributed by atoms with Crippen LogP contribution in [0.25, 0.3) is 0 Å². The lowest BCUT2D eigenvalue weighted by atomic mass is 10.3. The Morgan fingerprint density at radius 1 is 1.00 bits per heavy atom. The number of benzene rings is 2. The van der Waals surface area contributed by atoms with Gasteiger partial charge < -0.3 is 4.74 Å². The molecule has 0 heterocycles. The van der Waals surface area contributed by atoms with Gasteiger partial charge in [-0.1, -0.05) is 18.7 Å². The third-order valence-electron chi connectivity index (χ3n) is 3.19. The Bertz CT molecular complexity index is 799. The highest BCUT2D eigenvalue weighted by Gasteiger charge is 2.24. The second kappa shape index (κ2) is 7.79. The van der Waals surface area contributed by atoms with E-state index in [1.165, 1.54) is 22.5 Å². The van der Waals surface area contributed by atoms with Crippen LogP contribution >= 0.6 is 0 Å². The lowest BCUT2D eigenvalue weighted by Gasteiger charge is -2.23. The minimum atomic E-state index is -3.82. The fourth-order valence-corrected chi connectivity index (χ4v) is 3.49. The Labute approximate surface area is 141 Å². The molecule has 0 fully saturated rings. The van der Waals surface area contributed by atoms with Gasteiger partial charge in [0.15, 0.2) is 0 Å². The molecule has 0 amide bonds. The van der Waals surface area contributed by atoms with Crippen molar-refractivity contribution in [1.82, 2.24) is 0 Å². The summed E-state index contributed by atoms with van der Waals surface area (Å²) in [6, 6.07) is 11.3. The monoisotopic (exact) mass is 347 g/mol. The molecule has 0 spiro atoms. The molecule has 0 radical (unpaired) electrons. The van der Waals surface area contributed by atoms with Crippen LogP contribution in [0.15, 0.2) is 78.7 Å². The topological polar surface area (TPSA) is 46.6 Å². The second-order valence-corrected chi connectivity index (χ2v) is 6.73. The molecular weight excluding hydrogens is 329 g/mol. The number of nitrogens with zero attached hydrogens (tertiary/aromatic N) is 1. The van der Waals surface area contributed by atoms with Crippen molar-refractivity contribution in [3.05, 3.63) is 79.7 Å². The number of sulfonamides is 1. The lowest BCUT2D eigenvalue weighted by Crippen LogP contribution is -2.31. The minimum Gasteiger partial charge on any atom is -0.490 e. The van der Waals surface area contributed by atoms with Crippen molar-refractivity contribution >= 4 is 15.7 Å². The average Bonchev–Trinajstić information content (AvgIpc) is 2.58. The van der Waals surface area contributed by atoms with Gasteiger partial charge in [0.1, 0.15) is 18.2 Å². The quantitative estimate of drug-likeness (QED) is 0.683. The normalized spacial score (nSPS) is 10.9. The summed E-state index contributed by atoms with van der Waals surface area (Å²) < 4.78 is 45.2. The Morgan fingerprint density at radius 3 is 2.17 bits per heavy atom. The third-order valence-corrected chi connectivity index (χ3v) is 5.00. The Balaban J connectivity index is 2.35. The third kappa shape index (κ3) is 4.02. The lowest BCUT2D eigenvalue weighted by molar-refractivity contribution is 0.363. The largest absolute Gasteiger partial charge is 0.490 e. The van der Waals surface area contributed by atoms with Crippen molar-refractivity contribution in [1.29, 1.82) is 0 Å². The average molecular weight is 347 g/mol. The predicted molar refractivity (Wildman–Crippen MR) is 93.3 cm³/mol. The van der Waals surface area contributed by atoms with Crippen LogP contribution in [-0.2, 0) is 10.0 Å². The van der Waals surface area contributed by atoms with E-state index in [9.17, 15) is 12.8 Å². The summed E-state index contributed by atoms with van der Waals surface area (Å²) in [5, 5.41) is 0. The van der Waals surface area contributed by atoms with Crippen LogP contribution in [0.2, 0.25) is 0 Å². The van der Waals surface area contributed by atoms with Crippen LogP contribution in [0.3, 0.4) is 0 Å². The maximum atomic E-state index is 13.0. The summed E-state index contributed by atoms with van der Waals surface area (Å²) in [7, 11) is -3.82. The molecule has 4 nitrogen and oxygen atoms in total. The Hall–Kier alpha value is -2.60. The first-order valence-corrected chi connectivity index (χ1v) is 8.66. The number of anilines is 1. The van der Waals surface area contributed by atoms with E-state index < -0.39 is 15.8 Å². The van der Waals surface area contributed by atoms with Gasteiger partial charge in [-0.15, -0.1) is 6.58 Å². The van der Waals surface area contributed by atoms with Crippen molar-refractivity contribution < 1.29 is 17.5 Å². The molecule has 2 aromatic rings. The first kappa shape index (κ1) is 17.7. The summed E-state index contributed by atoms with van der Waals surface area (Å²) >= 11 is 0. The van der Waals surface area contributed by atoms with Gasteiger partial charge in [-0.25, -0.2) is 12.8 Å². The van der Waals surface area contributed by atoms with Crippen LogP contribution in [0, 0.1) is 5.82 Å². The minimum absolute atomic E-state index is 0.0118. The highest BCUT2D eigenvalue weighted by atomic mass is 32.2. The molecule has 0 bridgehead atoms. The van der Waals surface area contributed by atoms with Crippen molar-refractivity contribution in [3.63, 3.8) is 0 Å².